The van der Waals surface area contributed by atoms with Crippen LogP contribution in [-0.4, -0.2) is 24.9 Å². The molecule has 0 spiro atoms. The van der Waals surface area contributed by atoms with E-state index in [0.29, 0.717) is 12.1 Å². The van der Waals surface area contributed by atoms with Crippen LogP contribution in [0.4, 0.5) is 11.4 Å². The summed E-state index contributed by atoms with van der Waals surface area (Å²) in [7, 11) is 0. The second kappa shape index (κ2) is 9.59. The third-order valence-corrected chi connectivity index (χ3v) is 3.92. The largest absolute Gasteiger partial charge is 0.326 e. The summed E-state index contributed by atoms with van der Waals surface area (Å²) in [5, 5.41) is 8.87. The summed E-state index contributed by atoms with van der Waals surface area (Å²) < 4.78 is 0. The Kier molecular flexibility index (Phi) is 7.16. The molecule has 0 aromatic heterocycles. The average molecular weight is 339 g/mol. The molecule has 0 unspecified atom stereocenters. The van der Waals surface area contributed by atoms with Crippen molar-refractivity contribution in [3.05, 3.63) is 59.7 Å². The summed E-state index contributed by atoms with van der Waals surface area (Å²) in [5.74, 6) is -0.149. The number of amides is 2. The van der Waals surface area contributed by atoms with Gasteiger partial charge in [0, 0.05) is 17.8 Å². The van der Waals surface area contributed by atoms with Crippen LogP contribution in [0.25, 0.3) is 0 Å². The normalized spacial score (nSPS) is 10.3. The van der Waals surface area contributed by atoms with E-state index in [0.717, 1.165) is 24.2 Å². The summed E-state index contributed by atoms with van der Waals surface area (Å²) in [6.07, 6.45) is 1.30. The number of hydrogen-bond acceptors (Lipinski definition) is 3. The molecule has 5 heteroatoms. The first-order chi connectivity index (χ1) is 12.1. The molecule has 2 rings (SSSR count). The van der Waals surface area contributed by atoms with Crippen LogP contribution in [0.15, 0.2) is 48.5 Å². The Balaban J connectivity index is 1.82. The van der Waals surface area contributed by atoms with Gasteiger partial charge in [0.2, 0.25) is 11.8 Å². The molecule has 0 bridgehead atoms. The predicted octanol–water partition coefficient (Wildman–Crippen LogP) is 3.11. The molecule has 0 heterocycles. The molecule has 0 atom stereocenters. The number of benzene rings is 2. The Bertz CT molecular complexity index is 714. The summed E-state index contributed by atoms with van der Waals surface area (Å²) in [5.41, 5.74) is 3.53. The molecule has 2 amide bonds. The smallest absolute Gasteiger partial charge is 0.238 e. The molecular weight excluding hydrogens is 314 g/mol. The topological polar surface area (TPSA) is 70.2 Å². The lowest BCUT2D eigenvalue weighted by Gasteiger charge is -2.13. The number of carbonyl (C=O) groups is 2. The van der Waals surface area contributed by atoms with Crippen molar-refractivity contribution in [3.63, 3.8) is 0 Å². The van der Waals surface area contributed by atoms with Crippen LogP contribution >= 0.6 is 0 Å². The minimum Gasteiger partial charge on any atom is -0.326 e. The van der Waals surface area contributed by atoms with E-state index in [9.17, 15) is 9.59 Å². The van der Waals surface area contributed by atoms with Gasteiger partial charge < -0.3 is 16.0 Å². The first-order valence-electron chi connectivity index (χ1n) is 8.54. The molecule has 0 saturated carbocycles. The maximum absolute atomic E-state index is 12.1. The summed E-state index contributed by atoms with van der Waals surface area (Å²) in [6, 6.07) is 15.6. The highest BCUT2D eigenvalue weighted by Gasteiger charge is 2.09. The van der Waals surface area contributed by atoms with Gasteiger partial charge in [0.05, 0.1) is 6.54 Å². The zero-order chi connectivity index (χ0) is 18.1. The van der Waals surface area contributed by atoms with E-state index in [1.54, 1.807) is 6.92 Å². The number of carbonyl (C=O) groups excluding carboxylic acids is 2. The van der Waals surface area contributed by atoms with Crippen LogP contribution in [0, 0.1) is 6.92 Å². The van der Waals surface area contributed by atoms with Crippen molar-refractivity contribution in [2.45, 2.75) is 26.7 Å². The van der Waals surface area contributed by atoms with E-state index in [-0.39, 0.29) is 18.4 Å². The third kappa shape index (κ3) is 6.04. The van der Waals surface area contributed by atoms with Gasteiger partial charge in [0.1, 0.15) is 0 Å². The number of rotatable bonds is 8. The van der Waals surface area contributed by atoms with Gasteiger partial charge in [-0.3, -0.25) is 9.59 Å². The van der Waals surface area contributed by atoms with E-state index < -0.39 is 0 Å². The minimum absolute atomic E-state index is 0.0471. The Morgan fingerprint density at radius 3 is 2.16 bits per heavy atom. The highest BCUT2D eigenvalue weighted by atomic mass is 16.2. The number of hydrogen-bond donors (Lipinski definition) is 3. The molecule has 132 valence electrons. The fourth-order valence-corrected chi connectivity index (χ4v) is 2.42. The van der Waals surface area contributed by atoms with Gasteiger partial charge in [-0.2, -0.15) is 0 Å². The highest BCUT2D eigenvalue weighted by molar-refractivity contribution is 5.96. The van der Waals surface area contributed by atoms with E-state index >= 15 is 0 Å². The van der Waals surface area contributed by atoms with Crippen molar-refractivity contribution in [1.82, 2.24) is 5.32 Å². The van der Waals surface area contributed by atoms with Gasteiger partial charge >= 0.3 is 0 Å². The minimum atomic E-state index is -0.102. The molecule has 2 aromatic carbocycles. The van der Waals surface area contributed by atoms with E-state index in [4.69, 9.17) is 0 Å². The van der Waals surface area contributed by atoms with Crippen molar-refractivity contribution >= 4 is 23.2 Å². The van der Waals surface area contributed by atoms with Crippen molar-refractivity contribution in [1.29, 1.82) is 0 Å². The SMILES string of the molecule is CCC(=O)Nc1cccc(NC(=O)CNCCc2ccccc2)c1C. The Morgan fingerprint density at radius 1 is 0.880 bits per heavy atom. The third-order valence-electron chi connectivity index (χ3n) is 3.92. The van der Waals surface area contributed by atoms with Crippen molar-refractivity contribution in [2.24, 2.45) is 0 Å². The maximum Gasteiger partial charge on any atom is 0.238 e. The van der Waals surface area contributed by atoms with E-state index in [1.807, 2.05) is 43.3 Å². The Labute approximate surface area is 148 Å². The van der Waals surface area contributed by atoms with Gasteiger partial charge in [0.25, 0.3) is 0 Å². The molecule has 0 aliphatic heterocycles. The lowest BCUT2D eigenvalue weighted by molar-refractivity contribution is -0.116. The molecule has 0 aliphatic carbocycles. The zero-order valence-electron chi connectivity index (χ0n) is 14.8. The molecule has 2 aromatic rings. The fraction of sp³-hybridized carbons (Fsp3) is 0.300. The van der Waals surface area contributed by atoms with Crippen LogP contribution in [-0.2, 0) is 16.0 Å². The lowest BCUT2D eigenvalue weighted by atomic mass is 10.1. The van der Waals surface area contributed by atoms with Gasteiger partial charge in [0.15, 0.2) is 0 Å². The monoisotopic (exact) mass is 339 g/mol. The Hall–Kier alpha value is -2.66. The molecule has 0 radical (unpaired) electrons. The Morgan fingerprint density at radius 2 is 1.52 bits per heavy atom. The number of anilines is 2. The molecule has 3 N–H and O–H groups in total. The van der Waals surface area contributed by atoms with Crippen LogP contribution in [0.1, 0.15) is 24.5 Å². The number of nitrogens with one attached hydrogen (secondary N) is 3. The predicted molar refractivity (Wildman–Crippen MR) is 102 cm³/mol. The molecule has 0 saturated heterocycles. The van der Waals surface area contributed by atoms with E-state index in [2.05, 4.69) is 28.1 Å². The van der Waals surface area contributed by atoms with Crippen molar-refractivity contribution in [3.8, 4) is 0 Å². The van der Waals surface area contributed by atoms with Crippen LogP contribution < -0.4 is 16.0 Å². The first kappa shape index (κ1) is 18.7. The fourth-order valence-electron chi connectivity index (χ4n) is 2.42. The van der Waals surface area contributed by atoms with E-state index in [1.165, 1.54) is 5.56 Å². The summed E-state index contributed by atoms with van der Waals surface area (Å²) in [4.78, 5) is 23.7. The molecule has 5 nitrogen and oxygen atoms in total. The second-order valence-electron chi connectivity index (χ2n) is 5.84. The maximum atomic E-state index is 12.1. The second-order valence-corrected chi connectivity index (χ2v) is 5.84. The van der Waals surface area contributed by atoms with Gasteiger partial charge in [-0.05, 0) is 43.1 Å². The molecule has 25 heavy (non-hydrogen) atoms. The summed E-state index contributed by atoms with van der Waals surface area (Å²) in [6.45, 7) is 4.67. The quantitative estimate of drug-likeness (QED) is 0.647. The van der Waals surface area contributed by atoms with Crippen LogP contribution in [0.3, 0.4) is 0 Å². The van der Waals surface area contributed by atoms with Crippen molar-refractivity contribution < 1.29 is 9.59 Å². The van der Waals surface area contributed by atoms with Gasteiger partial charge in [-0.1, -0.05) is 43.3 Å². The van der Waals surface area contributed by atoms with Gasteiger partial charge in [-0.15, -0.1) is 0 Å². The van der Waals surface area contributed by atoms with Crippen molar-refractivity contribution in [2.75, 3.05) is 23.7 Å². The summed E-state index contributed by atoms with van der Waals surface area (Å²) >= 11 is 0. The van der Waals surface area contributed by atoms with Crippen LogP contribution in [0.2, 0.25) is 0 Å². The standard InChI is InChI=1S/C20H25N3O2/c1-3-19(24)22-17-10-7-11-18(15(17)2)23-20(25)14-21-13-12-16-8-5-4-6-9-16/h4-11,21H,3,12-14H2,1-2H3,(H,22,24)(H,23,25). The first-order valence-corrected chi connectivity index (χ1v) is 8.54. The zero-order valence-corrected chi connectivity index (χ0v) is 14.8. The van der Waals surface area contributed by atoms with Crippen LogP contribution in [0.5, 0.6) is 0 Å². The molecular formula is C20H25N3O2. The van der Waals surface area contributed by atoms with Gasteiger partial charge in [-0.25, -0.2) is 0 Å². The average Bonchev–Trinajstić information content (AvgIpc) is 2.63. The highest BCUT2D eigenvalue weighted by Crippen LogP contribution is 2.23. The molecule has 0 fully saturated rings. The molecule has 0 aliphatic rings. The lowest BCUT2D eigenvalue weighted by Crippen LogP contribution is -2.29.